The van der Waals surface area contributed by atoms with Crippen molar-refractivity contribution >= 4 is 29.0 Å². The van der Waals surface area contributed by atoms with Crippen molar-refractivity contribution in [2.24, 2.45) is 5.92 Å². The summed E-state index contributed by atoms with van der Waals surface area (Å²) >= 11 is 0. The van der Waals surface area contributed by atoms with Gasteiger partial charge in [0.1, 0.15) is 30.5 Å². The minimum Gasteiger partial charge on any atom is -0.495 e. The molecular weight excluding hydrogens is 412 g/mol. The van der Waals surface area contributed by atoms with Gasteiger partial charge >= 0.3 is 0 Å². The molecule has 2 N–H and O–H groups in total. The van der Waals surface area contributed by atoms with Gasteiger partial charge in [-0.25, -0.2) is 19.6 Å². The molecule has 3 aromatic rings. The van der Waals surface area contributed by atoms with Crippen molar-refractivity contribution in [1.82, 2.24) is 24.7 Å². The maximum Gasteiger partial charge on any atom is 0.229 e. The molecule has 0 saturated carbocycles. The van der Waals surface area contributed by atoms with Crippen molar-refractivity contribution in [3.8, 4) is 11.6 Å². The van der Waals surface area contributed by atoms with E-state index in [1.807, 2.05) is 6.07 Å². The van der Waals surface area contributed by atoms with Crippen LogP contribution in [0.25, 0.3) is 5.82 Å². The predicted molar refractivity (Wildman–Crippen MR) is 118 cm³/mol. The standard InChI is InChI=1S/C21H24N8O3/c1-14(30)26-16-5-6-18(32-2)17(8-16)27-21(31)15-4-3-7-28(10-15)19-9-20(24-12-23-19)29-13-22-11-25-29/h5-6,8-9,11-13,15H,3-4,7,10H2,1-2H3,(H,26,30)(H,27,31). The van der Waals surface area contributed by atoms with Crippen molar-refractivity contribution in [2.45, 2.75) is 19.8 Å². The van der Waals surface area contributed by atoms with Crippen molar-refractivity contribution in [2.75, 3.05) is 35.7 Å². The van der Waals surface area contributed by atoms with Gasteiger partial charge in [-0.3, -0.25) is 9.59 Å². The third kappa shape index (κ3) is 4.82. The number of hydrogen-bond donors (Lipinski definition) is 2. The van der Waals surface area contributed by atoms with Crippen molar-refractivity contribution in [3.05, 3.63) is 43.2 Å². The van der Waals surface area contributed by atoms with E-state index in [0.717, 1.165) is 25.2 Å². The lowest BCUT2D eigenvalue weighted by atomic mass is 9.97. The fourth-order valence-corrected chi connectivity index (χ4v) is 3.68. The van der Waals surface area contributed by atoms with Gasteiger partial charge in [0.15, 0.2) is 5.82 Å². The zero-order valence-corrected chi connectivity index (χ0v) is 17.9. The highest BCUT2D eigenvalue weighted by molar-refractivity contribution is 5.96. The van der Waals surface area contributed by atoms with Crippen LogP contribution < -0.4 is 20.3 Å². The van der Waals surface area contributed by atoms with E-state index in [-0.39, 0.29) is 17.7 Å². The van der Waals surface area contributed by atoms with E-state index in [1.165, 1.54) is 26.7 Å². The fourth-order valence-electron chi connectivity index (χ4n) is 3.68. The SMILES string of the molecule is COc1ccc(NC(C)=O)cc1NC(=O)C1CCCN(c2cc(-n3cncn3)ncn2)C1. The summed E-state index contributed by atoms with van der Waals surface area (Å²) < 4.78 is 6.93. The minimum absolute atomic E-state index is 0.112. The maximum atomic E-state index is 13.1. The molecular formula is C21H24N8O3. The highest BCUT2D eigenvalue weighted by atomic mass is 16.5. The molecule has 32 heavy (non-hydrogen) atoms. The number of anilines is 3. The van der Waals surface area contributed by atoms with Crippen LogP contribution in [0.1, 0.15) is 19.8 Å². The van der Waals surface area contributed by atoms with Crippen LogP contribution in [0.4, 0.5) is 17.2 Å². The quantitative estimate of drug-likeness (QED) is 0.600. The van der Waals surface area contributed by atoms with Gasteiger partial charge in [-0.1, -0.05) is 0 Å². The number of hydrogen-bond acceptors (Lipinski definition) is 8. The highest BCUT2D eigenvalue weighted by Crippen LogP contribution is 2.30. The second-order valence-corrected chi connectivity index (χ2v) is 7.45. The molecule has 166 valence electrons. The second-order valence-electron chi connectivity index (χ2n) is 7.45. The Hall–Kier alpha value is -4.02. The summed E-state index contributed by atoms with van der Waals surface area (Å²) in [4.78, 5) is 39.1. The summed E-state index contributed by atoms with van der Waals surface area (Å²) in [6.07, 6.45) is 6.11. The van der Waals surface area contributed by atoms with Gasteiger partial charge in [0, 0.05) is 31.8 Å². The summed E-state index contributed by atoms with van der Waals surface area (Å²) in [7, 11) is 1.53. The van der Waals surface area contributed by atoms with Gasteiger partial charge in [0.05, 0.1) is 18.7 Å². The molecule has 11 nitrogen and oxygen atoms in total. The Balaban J connectivity index is 1.48. The molecule has 1 fully saturated rings. The molecule has 0 radical (unpaired) electrons. The first-order chi connectivity index (χ1) is 15.5. The van der Waals surface area contributed by atoms with Crippen molar-refractivity contribution in [1.29, 1.82) is 0 Å². The number of carbonyl (C=O) groups excluding carboxylic acids is 2. The molecule has 1 aliphatic rings. The first-order valence-corrected chi connectivity index (χ1v) is 10.2. The van der Waals surface area contributed by atoms with Crippen LogP contribution in [0.2, 0.25) is 0 Å². The van der Waals surface area contributed by atoms with Crippen molar-refractivity contribution < 1.29 is 14.3 Å². The van der Waals surface area contributed by atoms with Gasteiger partial charge < -0.3 is 20.3 Å². The molecule has 3 heterocycles. The van der Waals surface area contributed by atoms with E-state index in [4.69, 9.17) is 4.74 Å². The number of rotatable bonds is 6. The van der Waals surface area contributed by atoms with E-state index in [0.29, 0.717) is 29.5 Å². The molecule has 0 aliphatic carbocycles. The van der Waals surface area contributed by atoms with Crippen LogP contribution in [0.15, 0.2) is 43.2 Å². The zero-order chi connectivity index (χ0) is 22.5. The summed E-state index contributed by atoms with van der Waals surface area (Å²) in [5, 5.41) is 9.77. The molecule has 1 saturated heterocycles. The number of benzene rings is 1. The van der Waals surface area contributed by atoms with E-state index < -0.39 is 0 Å². The smallest absolute Gasteiger partial charge is 0.229 e. The molecule has 0 spiro atoms. The normalized spacial score (nSPS) is 15.8. The third-order valence-electron chi connectivity index (χ3n) is 5.19. The predicted octanol–water partition coefficient (Wildman–Crippen LogP) is 1.88. The van der Waals surface area contributed by atoms with Crippen LogP contribution in [-0.4, -0.2) is 56.7 Å². The number of nitrogens with zero attached hydrogens (tertiary/aromatic N) is 6. The average molecular weight is 436 g/mol. The number of piperidine rings is 1. The monoisotopic (exact) mass is 436 g/mol. The number of nitrogens with one attached hydrogen (secondary N) is 2. The summed E-state index contributed by atoms with van der Waals surface area (Å²) in [6.45, 7) is 2.74. The van der Waals surface area contributed by atoms with Gasteiger partial charge in [0.25, 0.3) is 0 Å². The summed E-state index contributed by atoms with van der Waals surface area (Å²) in [5.41, 5.74) is 1.09. The zero-order valence-electron chi connectivity index (χ0n) is 17.9. The van der Waals surface area contributed by atoms with E-state index in [1.54, 1.807) is 29.2 Å². The lowest BCUT2D eigenvalue weighted by Gasteiger charge is -2.33. The molecule has 11 heteroatoms. The first kappa shape index (κ1) is 21.2. The molecule has 2 aromatic heterocycles. The minimum atomic E-state index is -0.234. The number of carbonyl (C=O) groups is 2. The van der Waals surface area contributed by atoms with Gasteiger partial charge in [-0.05, 0) is 31.0 Å². The molecule has 4 rings (SSSR count). The van der Waals surface area contributed by atoms with E-state index >= 15 is 0 Å². The summed E-state index contributed by atoms with van der Waals surface area (Å²) in [5.74, 6) is 1.33. The highest BCUT2D eigenvalue weighted by Gasteiger charge is 2.27. The Kier molecular flexibility index (Phi) is 6.24. The molecule has 1 aromatic carbocycles. The fraction of sp³-hybridized carbons (Fsp3) is 0.333. The van der Waals surface area contributed by atoms with Crippen LogP contribution >= 0.6 is 0 Å². The summed E-state index contributed by atoms with van der Waals surface area (Å²) in [6, 6.07) is 6.95. The number of ether oxygens (including phenoxy) is 1. The largest absolute Gasteiger partial charge is 0.495 e. The Morgan fingerprint density at radius 3 is 2.72 bits per heavy atom. The third-order valence-corrected chi connectivity index (χ3v) is 5.19. The first-order valence-electron chi connectivity index (χ1n) is 10.2. The molecule has 2 amide bonds. The Morgan fingerprint density at radius 2 is 1.97 bits per heavy atom. The lowest BCUT2D eigenvalue weighted by molar-refractivity contribution is -0.120. The molecule has 0 bridgehead atoms. The van der Waals surface area contributed by atoms with Crippen molar-refractivity contribution in [3.63, 3.8) is 0 Å². The van der Waals surface area contributed by atoms with E-state index in [9.17, 15) is 9.59 Å². The Bertz CT molecular complexity index is 1100. The van der Waals surface area contributed by atoms with Gasteiger partial charge in [0.2, 0.25) is 11.8 Å². The second kappa shape index (κ2) is 9.41. The average Bonchev–Trinajstić information content (AvgIpc) is 3.34. The van der Waals surface area contributed by atoms with Crippen LogP contribution in [0.3, 0.4) is 0 Å². The van der Waals surface area contributed by atoms with Crippen LogP contribution in [0, 0.1) is 5.92 Å². The van der Waals surface area contributed by atoms with Crippen LogP contribution in [-0.2, 0) is 9.59 Å². The number of amides is 2. The van der Waals surface area contributed by atoms with Gasteiger partial charge in [-0.2, -0.15) is 5.10 Å². The van der Waals surface area contributed by atoms with Gasteiger partial charge in [-0.15, -0.1) is 0 Å². The Labute approximate surface area is 184 Å². The number of aromatic nitrogens is 5. The maximum absolute atomic E-state index is 13.1. The topological polar surface area (TPSA) is 127 Å². The van der Waals surface area contributed by atoms with E-state index in [2.05, 4.69) is 35.6 Å². The Morgan fingerprint density at radius 1 is 1.12 bits per heavy atom. The lowest BCUT2D eigenvalue weighted by Crippen LogP contribution is -2.41. The molecule has 1 aliphatic heterocycles. The molecule has 1 unspecified atom stereocenters. The number of methoxy groups -OCH3 is 1. The molecule has 1 atom stereocenters. The van der Waals surface area contributed by atoms with Crippen LogP contribution in [0.5, 0.6) is 5.75 Å².